The molecular weight excluding hydrogens is 220 g/mol. The minimum atomic E-state index is -0.306. The molecule has 0 unspecified atom stereocenters. The van der Waals surface area contributed by atoms with Crippen LogP contribution in [-0.2, 0) is 4.79 Å². The van der Waals surface area contributed by atoms with Crippen molar-refractivity contribution in [2.75, 3.05) is 19.3 Å². The van der Waals surface area contributed by atoms with Crippen molar-refractivity contribution in [3.8, 4) is 0 Å². The molecule has 0 atom stereocenters. The van der Waals surface area contributed by atoms with Crippen LogP contribution in [0.15, 0.2) is 12.3 Å². The first-order valence-electron chi connectivity index (χ1n) is 5.41. The highest BCUT2D eigenvalue weighted by molar-refractivity contribution is 5.96. The molecule has 0 aliphatic carbocycles. The van der Waals surface area contributed by atoms with Gasteiger partial charge in [-0.05, 0) is 19.9 Å². The average molecular weight is 238 g/mol. The van der Waals surface area contributed by atoms with Crippen LogP contribution in [0, 0.1) is 0 Å². The first-order valence-corrected chi connectivity index (χ1v) is 5.41. The third-order valence-electron chi connectivity index (χ3n) is 2.35. The minimum absolute atomic E-state index is 0.0431. The Morgan fingerprint density at radius 3 is 2.65 bits per heavy atom. The van der Waals surface area contributed by atoms with Crippen LogP contribution in [0.4, 0.5) is 5.69 Å². The minimum Gasteiger partial charge on any atom is -0.397 e. The number of anilines is 1. The van der Waals surface area contributed by atoms with Crippen molar-refractivity contribution in [2.24, 2.45) is 0 Å². The smallest absolute Gasteiger partial charge is 0.268 e. The lowest BCUT2D eigenvalue weighted by molar-refractivity contribution is -0.119. The van der Waals surface area contributed by atoms with Crippen molar-refractivity contribution >= 4 is 17.5 Å². The lowest BCUT2D eigenvalue weighted by Gasteiger charge is -2.12. The number of carbonyl (C=O) groups excluding carboxylic acids is 2. The monoisotopic (exact) mass is 238 g/mol. The van der Waals surface area contributed by atoms with Gasteiger partial charge in [-0.1, -0.05) is 0 Å². The summed E-state index contributed by atoms with van der Waals surface area (Å²) < 4.78 is 1.77. The summed E-state index contributed by atoms with van der Waals surface area (Å²) in [6, 6.07) is 1.73. The SMILES string of the molecule is CNC(=O)CNC(=O)c1cc(N)cn1C(C)C. The van der Waals surface area contributed by atoms with Crippen molar-refractivity contribution in [1.82, 2.24) is 15.2 Å². The zero-order chi connectivity index (χ0) is 13.0. The Hall–Kier alpha value is -1.98. The number of likely N-dealkylation sites (N-methyl/N-ethyl adjacent to an activating group) is 1. The second-order valence-corrected chi connectivity index (χ2v) is 4.02. The molecule has 0 spiro atoms. The lowest BCUT2D eigenvalue weighted by atomic mass is 10.3. The molecule has 94 valence electrons. The van der Waals surface area contributed by atoms with Gasteiger partial charge >= 0.3 is 0 Å². The quantitative estimate of drug-likeness (QED) is 0.696. The van der Waals surface area contributed by atoms with Crippen molar-refractivity contribution < 1.29 is 9.59 Å². The van der Waals surface area contributed by atoms with E-state index in [4.69, 9.17) is 5.73 Å². The maximum Gasteiger partial charge on any atom is 0.268 e. The molecule has 0 saturated carbocycles. The fraction of sp³-hybridized carbons (Fsp3) is 0.455. The van der Waals surface area contributed by atoms with E-state index in [2.05, 4.69) is 10.6 Å². The molecule has 4 N–H and O–H groups in total. The van der Waals surface area contributed by atoms with Gasteiger partial charge < -0.3 is 20.9 Å². The van der Waals surface area contributed by atoms with Gasteiger partial charge in [0.05, 0.1) is 12.2 Å². The van der Waals surface area contributed by atoms with E-state index in [1.165, 1.54) is 7.05 Å². The van der Waals surface area contributed by atoms with E-state index in [0.29, 0.717) is 11.4 Å². The van der Waals surface area contributed by atoms with Gasteiger partial charge in [-0.15, -0.1) is 0 Å². The van der Waals surface area contributed by atoms with Gasteiger partial charge in [0.25, 0.3) is 5.91 Å². The molecular formula is C11H18N4O2. The first-order chi connectivity index (χ1) is 7.95. The summed E-state index contributed by atoms with van der Waals surface area (Å²) in [4.78, 5) is 22.9. The van der Waals surface area contributed by atoms with Crippen LogP contribution in [0.5, 0.6) is 0 Å². The summed E-state index contributed by atoms with van der Waals surface area (Å²) in [7, 11) is 1.52. The number of nitrogens with one attached hydrogen (secondary N) is 2. The van der Waals surface area contributed by atoms with E-state index in [1.807, 2.05) is 13.8 Å². The Kier molecular flexibility index (Phi) is 4.14. The molecule has 0 aliphatic rings. The number of nitrogens with zero attached hydrogens (tertiary/aromatic N) is 1. The fourth-order valence-corrected chi connectivity index (χ4v) is 1.45. The Morgan fingerprint density at radius 1 is 1.47 bits per heavy atom. The predicted octanol–water partition coefficient (Wildman–Crippen LogP) is 0.127. The molecule has 6 nitrogen and oxygen atoms in total. The van der Waals surface area contributed by atoms with Gasteiger partial charge in [-0.3, -0.25) is 9.59 Å². The molecule has 0 saturated heterocycles. The fourth-order valence-electron chi connectivity index (χ4n) is 1.45. The Labute approximate surface area is 100 Å². The molecule has 1 aromatic heterocycles. The highest BCUT2D eigenvalue weighted by Crippen LogP contribution is 2.16. The van der Waals surface area contributed by atoms with Crippen molar-refractivity contribution in [2.45, 2.75) is 19.9 Å². The number of nitrogens with two attached hydrogens (primary N) is 1. The average Bonchev–Trinajstić information content (AvgIpc) is 2.67. The normalized spacial score (nSPS) is 10.4. The summed E-state index contributed by atoms with van der Waals surface area (Å²) in [5.41, 5.74) is 6.65. The van der Waals surface area contributed by atoms with Crippen LogP contribution in [-0.4, -0.2) is 30.0 Å². The Bertz CT molecular complexity index is 423. The number of carbonyl (C=O) groups is 2. The van der Waals surface area contributed by atoms with Gasteiger partial charge in [0.1, 0.15) is 5.69 Å². The van der Waals surface area contributed by atoms with Crippen molar-refractivity contribution in [3.05, 3.63) is 18.0 Å². The summed E-state index contributed by atoms with van der Waals surface area (Å²) in [6.07, 6.45) is 1.71. The van der Waals surface area contributed by atoms with Crippen LogP contribution >= 0.6 is 0 Å². The van der Waals surface area contributed by atoms with Crippen LogP contribution in [0.3, 0.4) is 0 Å². The van der Waals surface area contributed by atoms with Crippen LogP contribution < -0.4 is 16.4 Å². The van der Waals surface area contributed by atoms with Crippen molar-refractivity contribution in [3.63, 3.8) is 0 Å². The summed E-state index contributed by atoms with van der Waals surface area (Å²) in [6.45, 7) is 3.86. The number of hydrogen-bond donors (Lipinski definition) is 3. The largest absolute Gasteiger partial charge is 0.397 e. The molecule has 0 radical (unpaired) electrons. The molecule has 2 amide bonds. The number of hydrogen-bond acceptors (Lipinski definition) is 3. The molecule has 1 rings (SSSR count). The number of nitrogen functional groups attached to an aromatic ring is 1. The third kappa shape index (κ3) is 3.24. The molecule has 0 aliphatic heterocycles. The highest BCUT2D eigenvalue weighted by Gasteiger charge is 2.15. The van der Waals surface area contributed by atoms with Crippen LogP contribution in [0.25, 0.3) is 0 Å². The van der Waals surface area contributed by atoms with Crippen LogP contribution in [0.1, 0.15) is 30.4 Å². The van der Waals surface area contributed by atoms with E-state index in [0.717, 1.165) is 0 Å². The van der Waals surface area contributed by atoms with Crippen LogP contribution in [0.2, 0.25) is 0 Å². The van der Waals surface area contributed by atoms with Gasteiger partial charge in [0.2, 0.25) is 5.91 Å². The number of aromatic nitrogens is 1. The van der Waals surface area contributed by atoms with E-state index in [1.54, 1.807) is 16.8 Å². The lowest BCUT2D eigenvalue weighted by Crippen LogP contribution is -2.36. The zero-order valence-corrected chi connectivity index (χ0v) is 10.3. The highest BCUT2D eigenvalue weighted by atomic mass is 16.2. The third-order valence-corrected chi connectivity index (χ3v) is 2.35. The zero-order valence-electron chi connectivity index (χ0n) is 10.3. The second-order valence-electron chi connectivity index (χ2n) is 4.02. The second kappa shape index (κ2) is 5.38. The van der Waals surface area contributed by atoms with E-state index >= 15 is 0 Å². The Balaban J connectivity index is 2.78. The molecule has 1 aromatic rings. The van der Waals surface area contributed by atoms with Gasteiger partial charge in [-0.25, -0.2) is 0 Å². The first kappa shape index (κ1) is 13.1. The molecule has 0 aromatic carbocycles. The van der Waals surface area contributed by atoms with E-state index in [-0.39, 0.29) is 24.4 Å². The van der Waals surface area contributed by atoms with Gasteiger partial charge in [0, 0.05) is 19.3 Å². The maximum absolute atomic E-state index is 11.8. The molecule has 0 fully saturated rings. The number of rotatable bonds is 4. The molecule has 1 heterocycles. The number of amides is 2. The van der Waals surface area contributed by atoms with E-state index in [9.17, 15) is 9.59 Å². The standard InChI is InChI=1S/C11H18N4O2/c1-7(2)15-6-8(12)4-9(15)11(17)14-5-10(16)13-3/h4,6-7H,5,12H2,1-3H3,(H,13,16)(H,14,17). The van der Waals surface area contributed by atoms with Gasteiger partial charge in [-0.2, -0.15) is 0 Å². The maximum atomic E-state index is 11.8. The van der Waals surface area contributed by atoms with Gasteiger partial charge in [0.15, 0.2) is 0 Å². The van der Waals surface area contributed by atoms with Crippen molar-refractivity contribution in [1.29, 1.82) is 0 Å². The molecule has 6 heteroatoms. The summed E-state index contributed by atoms with van der Waals surface area (Å²) in [5, 5.41) is 4.96. The van der Waals surface area contributed by atoms with E-state index < -0.39 is 0 Å². The molecule has 17 heavy (non-hydrogen) atoms. The Morgan fingerprint density at radius 2 is 2.12 bits per heavy atom. The topological polar surface area (TPSA) is 89.2 Å². The summed E-state index contributed by atoms with van der Waals surface area (Å²) in [5.74, 6) is -0.548. The summed E-state index contributed by atoms with van der Waals surface area (Å²) >= 11 is 0. The molecule has 0 bridgehead atoms. The predicted molar refractivity (Wildman–Crippen MR) is 65.6 cm³/mol.